The molecule has 6 heteroatoms. The van der Waals surface area contributed by atoms with Crippen molar-refractivity contribution in [2.45, 2.75) is 30.7 Å². The van der Waals surface area contributed by atoms with E-state index in [0.29, 0.717) is 6.54 Å². The molecule has 1 unspecified atom stereocenters. The van der Waals surface area contributed by atoms with Gasteiger partial charge >= 0.3 is 0 Å². The molecule has 1 atom stereocenters. The van der Waals surface area contributed by atoms with E-state index < -0.39 is 0 Å². The molecule has 0 radical (unpaired) electrons. The molecule has 1 saturated carbocycles. The summed E-state index contributed by atoms with van der Waals surface area (Å²) in [6.45, 7) is 1.50. The molecule has 2 fully saturated rings. The van der Waals surface area contributed by atoms with Crippen molar-refractivity contribution < 1.29 is 9.53 Å². The highest BCUT2D eigenvalue weighted by molar-refractivity contribution is 5.91. The lowest BCUT2D eigenvalue weighted by atomic mass is 9.94. The highest BCUT2D eigenvalue weighted by atomic mass is 16.5. The van der Waals surface area contributed by atoms with Gasteiger partial charge in [0.1, 0.15) is 18.4 Å². The zero-order valence-corrected chi connectivity index (χ0v) is 13.2. The molecular formula is C17H20N4O2. The van der Waals surface area contributed by atoms with Gasteiger partial charge in [-0.2, -0.15) is 5.10 Å². The van der Waals surface area contributed by atoms with E-state index in [1.165, 1.54) is 0 Å². The van der Waals surface area contributed by atoms with Gasteiger partial charge in [0.2, 0.25) is 5.91 Å². The third-order valence-electron chi connectivity index (χ3n) is 5.04. The molecular weight excluding hydrogens is 292 g/mol. The normalized spacial score (nSPS) is 22.1. The molecule has 2 aliphatic rings. The fraction of sp³-hybridized carbons (Fsp3) is 0.471. The molecule has 2 heterocycles. The van der Waals surface area contributed by atoms with Gasteiger partial charge in [0.25, 0.3) is 0 Å². The summed E-state index contributed by atoms with van der Waals surface area (Å²) in [6.07, 6.45) is 6.05. The Hall–Kier alpha value is -2.37. The Labute approximate surface area is 135 Å². The Bertz CT molecular complexity index is 709. The Morgan fingerprint density at radius 2 is 2.26 bits per heavy atom. The highest BCUT2D eigenvalue weighted by Gasteiger charge is 2.54. The van der Waals surface area contributed by atoms with E-state index >= 15 is 0 Å². The van der Waals surface area contributed by atoms with E-state index in [-0.39, 0.29) is 17.4 Å². The van der Waals surface area contributed by atoms with Crippen LogP contribution < -0.4 is 4.74 Å². The molecule has 0 N–H and O–H groups in total. The van der Waals surface area contributed by atoms with Crippen LogP contribution in [0.3, 0.4) is 0 Å². The second kappa shape index (κ2) is 5.37. The second-order valence-electron chi connectivity index (χ2n) is 6.38. The lowest BCUT2D eigenvalue weighted by molar-refractivity contribution is -0.133. The molecule has 1 amide bonds. The summed E-state index contributed by atoms with van der Waals surface area (Å²) in [5, 5.41) is 4.20. The number of likely N-dealkylation sites (tertiary alicyclic amines) is 1. The molecule has 1 saturated heterocycles. The number of carbonyl (C=O) groups excluding carboxylic acids is 1. The summed E-state index contributed by atoms with van der Waals surface area (Å²) < 4.78 is 7.17. The van der Waals surface area contributed by atoms with Crippen LogP contribution in [0.15, 0.2) is 36.9 Å². The van der Waals surface area contributed by atoms with E-state index in [0.717, 1.165) is 37.1 Å². The van der Waals surface area contributed by atoms with Crippen LogP contribution in [0.4, 0.5) is 0 Å². The molecule has 1 aliphatic heterocycles. The first-order valence-electron chi connectivity index (χ1n) is 8.01. The summed E-state index contributed by atoms with van der Waals surface area (Å²) in [5.74, 6) is 1.05. The van der Waals surface area contributed by atoms with Crippen LogP contribution in [0.5, 0.6) is 5.75 Å². The van der Waals surface area contributed by atoms with Gasteiger partial charge in [-0.1, -0.05) is 12.1 Å². The summed E-state index contributed by atoms with van der Waals surface area (Å²) in [5.41, 5.74) is 0.734. The smallest absolute Gasteiger partial charge is 0.233 e. The minimum atomic E-state index is -0.341. The predicted molar refractivity (Wildman–Crippen MR) is 84.2 cm³/mol. The lowest BCUT2D eigenvalue weighted by Crippen LogP contribution is -2.38. The third kappa shape index (κ3) is 2.38. The van der Waals surface area contributed by atoms with Crippen LogP contribution in [0.1, 0.15) is 30.9 Å². The fourth-order valence-electron chi connectivity index (χ4n) is 3.52. The summed E-state index contributed by atoms with van der Waals surface area (Å²) in [6, 6.07) is 8.15. The summed E-state index contributed by atoms with van der Waals surface area (Å²) in [7, 11) is 1.66. The number of hydrogen-bond acceptors (Lipinski definition) is 4. The number of hydrogen-bond donors (Lipinski definition) is 0. The summed E-state index contributed by atoms with van der Waals surface area (Å²) in [4.78, 5) is 19.1. The van der Waals surface area contributed by atoms with E-state index in [4.69, 9.17) is 4.74 Å². The number of rotatable bonds is 4. The molecule has 0 bridgehead atoms. The standard InChI is InChI=1S/C17H20N4O2/c1-23-15-4-2-3-13(9-15)17(6-7-17)16(22)20-8-5-14(10-20)21-12-18-11-19-21/h2-4,9,11-12,14H,5-8,10H2,1H3. The van der Waals surface area contributed by atoms with Gasteiger partial charge in [0.05, 0.1) is 18.6 Å². The van der Waals surface area contributed by atoms with E-state index in [9.17, 15) is 4.79 Å². The SMILES string of the molecule is COc1cccc(C2(C(=O)N3CCC(n4cncn4)C3)CC2)c1. The molecule has 23 heavy (non-hydrogen) atoms. The van der Waals surface area contributed by atoms with Gasteiger partial charge in [-0.05, 0) is 37.0 Å². The predicted octanol–water partition coefficient (Wildman–Crippen LogP) is 1.79. The largest absolute Gasteiger partial charge is 0.497 e. The maximum absolute atomic E-state index is 13.1. The Kier molecular flexibility index (Phi) is 3.32. The average molecular weight is 312 g/mol. The van der Waals surface area contributed by atoms with E-state index in [2.05, 4.69) is 10.1 Å². The molecule has 1 aromatic carbocycles. The maximum Gasteiger partial charge on any atom is 0.233 e. The van der Waals surface area contributed by atoms with Gasteiger partial charge in [0.15, 0.2) is 0 Å². The topological polar surface area (TPSA) is 60.2 Å². The number of benzene rings is 1. The number of carbonyl (C=O) groups is 1. The zero-order valence-electron chi connectivity index (χ0n) is 13.2. The van der Waals surface area contributed by atoms with Crippen LogP contribution in [-0.4, -0.2) is 45.8 Å². The number of amides is 1. The van der Waals surface area contributed by atoms with Gasteiger partial charge < -0.3 is 9.64 Å². The molecule has 120 valence electrons. The first kappa shape index (κ1) is 14.2. The van der Waals surface area contributed by atoms with Crippen LogP contribution in [-0.2, 0) is 10.2 Å². The summed E-state index contributed by atoms with van der Waals surface area (Å²) >= 11 is 0. The van der Waals surface area contributed by atoms with Crippen molar-refractivity contribution in [2.24, 2.45) is 0 Å². The van der Waals surface area contributed by atoms with Crippen LogP contribution >= 0.6 is 0 Å². The van der Waals surface area contributed by atoms with Crippen LogP contribution in [0.25, 0.3) is 0 Å². The number of nitrogens with zero attached hydrogens (tertiary/aromatic N) is 4. The molecule has 0 spiro atoms. The second-order valence-corrected chi connectivity index (χ2v) is 6.38. The van der Waals surface area contributed by atoms with Crippen molar-refractivity contribution in [3.05, 3.63) is 42.5 Å². The first-order valence-corrected chi connectivity index (χ1v) is 8.01. The van der Waals surface area contributed by atoms with Crippen molar-refractivity contribution in [1.82, 2.24) is 19.7 Å². The minimum absolute atomic E-state index is 0.238. The molecule has 1 aromatic heterocycles. The third-order valence-corrected chi connectivity index (χ3v) is 5.04. The monoisotopic (exact) mass is 312 g/mol. The number of aromatic nitrogens is 3. The maximum atomic E-state index is 13.1. The van der Waals surface area contributed by atoms with Gasteiger partial charge in [-0.3, -0.25) is 4.79 Å². The quantitative estimate of drug-likeness (QED) is 0.863. The Balaban J connectivity index is 1.52. The first-order chi connectivity index (χ1) is 11.2. The van der Waals surface area contributed by atoms with Crippen LogP contribution in [0, 0.1) is 0 Å². The van der Waals surface area contributed by atoms with Gasteiger partial charge in [-0.15, -0.1) is 0 Å². The highest BCUT2D eigenvalue weighted by Crippen LogP contribution is 2.50. The molecule has 1 aliphatic carbocycles. The van der Waals surface area contributed by atoms with Crippen molar-refractivity contribution in [3.8, 4) is 5.75 Å². The molecule has 6 nitrogen and oxygen atoms in total. The van der Waals surface area contributed by atoms with Gasteiger partial charge in [0, 0.05) is 13.1 Å². The van der Waals surface area contributed by atoms with Crippen molar-refractivity contribution in [2.75, 3.05) is 20.2 Å². The van der Waals surface area contributed by atoms with Gasteiger partial charge in [-0.25, -0.2) is 9.67 Å². The van der Waals surface area contributed by atoms with Crippen LogP contribution in [0.2, 0.25) is 0 Å². The lowest BCUT2D eigenvalue weighted by Gasteiger charge is -2.24. The number of methoxy groups -OCH3 is 1. The zero-order chi connectivity index (χ0) is 15.9. The molecule has 2 aromatic rings. The van der Waals surface area contributed by atoms with Crippen molar-refractivity contribution in [3.63, 3.8) is 0 Å². The number of ether oxygens (including phenoxy) is 1. The van der Waals surface area contributed by atoms with Crippen molar-refractivity contribution in [1.29, 1.82) is 0 Å². The van der Waals surface area contributed by atoms with E-state index in [1.54, 1.807) is 19.8 Å². The molecule has 4 rings (SSSR count). The Morgan fingerprint density at radius 1 is 1.39 bits per heavy atom. The van der Waals surface area contributed by atoms with Crippen molar-refractivity contribution >= 4 is 5.91 Å². The average Bonchev–Trinajstić information content (AvgIpc) is 3.01. The van der Waals surface area contributed by atoms with E-state index in [1.807, 2.05) is 33.8 Å². The fourth-order valence-corrected chi connectivity index (χ4v) is 3.52. The minimum Gasteiger partial charge on any atom is -0.497 e. The Morgan fingerprint density at radius 3 is 2.96 bits per heavy atom.